The van der Waals surface area contributed by atoms with Crippen LogP contribution in [0.15, 0.2) is 24.4 Å². The molecule has 0 aliphatic carbocycles. The largest absolute Gasteiger partial charge is 0.462 e. The van der Waals surface area contributed by atoms with Gasteiger partial charge in [0.2, 0.25) is 0 Å². The molecule has 2 aliphatic rings. The third kappa shape index (κ3) is 5.00. The molecule has 3 heterocycles. The Labute approximate surface area is 142 Å². The van der Waals surface area contributed by atoms with Crippen LogP contribution in [0.2, 0.25) is 0 Å². The lowest BCUT2D eigenvalue weighted by Gasteiger charge is -2.43. The SMILES string of the molecule is O=C(CNCc1ccccn1)OC[C@@H]1CCC[C@]2(CCCCO2)O1. The molecule has 3 rings (SSSR count). The van der Waals surface area contributed by atoms with Crippen LogP contribution in [0, 0.1) is 0 Å². The minimum Gasteiger partial charge on any atom is -0.462 e. The van der Waals surface area contributed by atoms with Crippen LogP contribution >= 0.6 is 0 Å². The third-order valence-corrected chi connectivity index (χ3v) is 4.51. The lowest BCUT2D eigenvalue weighted by molar-refractivity contribution is -0.299. The van der Waals surface area contributed by atoms with Gasteiger partial charge in [0.05, 0.1) is 24.9 Å². The summed E-state index contributed by atoms with van der Waals surface area (Å²) in [6.45, 7) is 1.79. The number of carbonyl (C=O) groups is 1. The van der Waals surface area contributed by atoms with Crippen molar-refractivity contribution < 1.29 is 19.0 Å². The molecule has 2 fully saturated rings. The molecule has 0 radical (unpaired) electrons. The van der Waals surface area contributed by atoms with Gasteiger partial charge in [-0.25, -0.2) is 0 Å². The normalized spacial score (nSPS) is 27.1. The van der Waals surface area contributed by atoms with E-state index in [9.17, 15) is 4.79 Å². The van der Waals surface area contributed by atoms with Crippen LogP contribution in [0.5, 0.6) is 0 Å². The Morgan fingerprint density at radius 3 is 3.04 bits per heavy atom. The predicted molar refractivity (Wildman–Crippen MR) is 88.2 cm³/mol. The van der Waals surface area contributed by atoms with Crippen LogP contribution in [0.1, 0.15) is 44.2 Å². The van der Waals surface area contributed by atoms with Crippen molar-refractivity contribution in [3.63, 3.8) is 0 Å². The molecule has 2 atom stereocenters. The minimum absolute atomic E-state index is 0.0587. The van der Waals surface area contributed by atoms with Crippen LogP contribution in [0.3, 0.4) is 0 Å². The van der Waals surface area contributed by atoms with Crippen LogP contribution in [0.4, 0.5) is 0 Å². The molecular weight excluding hydrogens is 308 g/mol. The Morgan fingerprint density at radius 2 is 2.25 bits per heavy atom. The first-order valence-corrected chi connectivity index (χ1v) is 8.84. The smallest absolute Gasteiger partial charge is 0.320 e. The fourth-order valence-corrected chi connectivity index (χ4v) is 3.29. The van der Waals surface area contributed by atoms with E-state index in [1.54, 1.807) is 6.20 Å². The first-order valence-electron chi connectivity index (χ1n) is 8.84. The molecule has 24 heavy (non-hydrogen) atoms. The molecule has 0 aromatic carbocycles. The Morgan fingerprint density at radius 1 is 1.33 bits per heavy atom. The maximum absolute atomic E-state index is 11.9. The van der Waals surface area contributed by atoms with E-state index < -0.39 is 5.79 Å². The fourth-order valence-electron chi connectivity index (χ4n) is 3.29. The molecule has 0 unspecified atom stereocenters. The molecule has 2 saturated heterocycles. The molecule has 6 heteroatoms. The summed E-state index contributed by atoms with van der Waals surface area (Å²) in [5.41, 5.74) is 0.900. The zero-order chi connectivity index (χ0) is 16.7. The van der Waals surface area contributed by atoms with Gasteiger partial charge in [-0.05, 0) is 37.8 Å². The van der Waals surface area contributed by atoms with E-state index in [4.69, 9.17) is 14.2 Å². The Bertz CT molecular complexity index is 512. The second-order valence-corrected chi connectivity index (χ2v) is 6.46. The van der Waals surface area contributed by atoms with Crippen molar-refractivity contribution in [3.8, 4) is 0 Å². The number of nitrogens with one attached hydrogen (secondary N) is 1. The Kier molecular flexibility index (Phi) is 6.18. The van der Waals surface area contributed by atoms with Crippen LogP contribution < -0.4 is 5.32 Å². The van der Waals surface area contributed by atoms with Gasteiger partial charge in [0.15, 0.2) is 5.79 Å². The summed E-state index contributed by atoms with van der Waals surface area (Å²) in [7, 11) is 0. The van der Waals surface area contributed by atoms with Crippen molar-refractivity contribution in [1.82, 2.24) is 10.3 Å². The number of esters is 1. The Balaban J connectivity index is 1.35. The van der Waals surface area contributed by atoms with Gasteiger partial charge in [-0.3, -0.25) is 9.78 Å². The van der Waals surface area contributed by atoms with Gasteiger partial charge < -0.3 is 19.5 Å². The molecule has 0 saturated carbocycles. The third-order valence-electron chi connectivity index (χ3n) is 4.51. The summed E-state index contributed by atoms with van der Waals surface area (Å²) >= 11 is 0. The highest BCUT2D eigenvalue weighted by molar-refractivity contribution is 5.71. The van der Waals surface area contributed by atoms with E-state index in [0.29, 0.717) is 13.2 Å². The van der Waals surface area contributed by atoms with Gasteiger partial charge in [0.1, 0.15) is 6.61 Å². The second kappa shape index (κ2) is 8.55. The molecule has 1 aromatic rings. The van der Waals surface area contributed by atoms with Gasteiger partial charge in [-0.2, -0.15) is 0 Å². The van der Waals surface area contributed by atoms with E-state index in [-0.39, 0.29) is 18.6 Å². The molecule has 1 aromatic heterocycles. The highest BCUT2D eigenvalue weighted by Gasteiger charge is 2.39. The fraction of sp³-hybridized carbons (Fsp3) is 0.667. The number of ether oxygens (including phenoxy) is 3. The van der Waals surface area contributed by atoms with Gasteiger partial charge in [0, 0.05) is 25.6 Å². The van der Waals surface area contributed by atoms with Gasteiger partial charge in [0.25, 0.3) is 0 Å². The monoisotopic (exact) mass is 334 g/mol. The predicted octanol–water partition coefficient (Wildman–Crippen LogP) is 2.18. The number of pyridine rings is 1. The highest BCUT2D eigenvalue weighted by atomic mass is 16.7. The van der Waals surface area contributed by atoms with Gasteiger partial charge in [-0.15, -0.1) is 0 Å². The minimum atomic E-state index is -0.426. The average Bonchev–Trinajstić information content (AvgIpc) is 2.62. The van der Waals surface area contributed by atoms with E-state index in [0.717, 1.165) is 50.8 Å². The standard InChI is InChI=1S/C18H26N2O4/c21-17(13-19-12-15-6-1-3-10-20-15)22-14-16-7-5-9-18(24-16)8-2-4-11-23-18/h1,3,6,10,16,19H,2,4-5,7-9,11-14H2/t16-,18-/m0/s1. The lowest BCUT2D eigenvalue weighted by atomic mass is 9.95. The van der Waals surface area contributed by atoms with E-state index in [1.165, 1.54) is 0 Å². The summed E-state index contributed by atoms with van der Waals surface area (Å²) in [6, 6.07) is 5.70. The van der Waals surface area contributed by atoms with Crippen molar-refractivity contribution in [1.29, 1.82) is 0 Å². The molecule has 2 aliphatic heterocycles. The molecule has 0 amide bonds. The summed E-state index contributed by atoms with van der Waals surface area (Å²) in [5, 5.41) is 3.04. The topological polar surface area (TPSA) is 69.7 Å². The van der Waals surface area contributed by atoms with Crippen molar-refractivity contribution in [2.75, 3.05) is 19.8 Å². The summed E-state index contributed by atoms with van der Waals surface area (Å²) in [5.74, 6) is -0.691. The number of aromatic nitrogens is 1. The summed E-state index contributed by atoms with van der Waals surface area (Å²) in [4.78, 5) is 16.0. The zero-order valence-electron chi connectivity index (χ0n) is 14.0. The molecule has 6 nitrogen and oxygen atoms in total. The average molecular weight is 334 g/mol. The first-order chi connectivity index (χ1) is 11.8. The molecular formula is C18H26N2O4. The van der Waals surface area contributed by atoms with Crippen LogP contribution in [-0.2, 0) is 25.5 Å². The van der Waals surface area contributed by atoms with Crippen molar-refractivity contribution in [3.05, 3.63) is 30.1 Å². The van der Waals surface area contributed by atoms with Gasteiger partial charge >= 0.3 is 5.97 Å². The molecule has 1 spiro atoms. The first kappa shape index (κ1) is 17.3. The summed E-state index contributed by atoms with van der Waals surface area (Å²) < 4.78 is 17.3. The molecule has 1 N–H and O–H groups in total. The summed E-state index contributed by atoms with van der Waals surface area (Å²) in [6.07, 6.45) is 7.79. The second-order valence-electron chi connectivity index (χ2n) is 6.46. The van der Waals surface area contributed by atoms with Crippen LogP contribution in [-0.4, -0.2) is 42.6 Å². The van der Waals surface area contributed by atoms with Crippen molar-refractivity contribution >= 4 is 5.97 Å². The van der Waals surface area contributed by atoms with E-state index in [1.807, 2.05) is 18.2 Å². The number of hydrogen-bond donors (Lipinski definition) is 1. The van der Waals surface area contributed by atoms with E-state index >= 15 is 0 Å². The van der Waals surface area contributed by atoms with Crippen molar-refractivity contribution in [2.24, 2.45) is 0 Å². The quantitative estimate of drug-likeness (QED) is 0.804. The number of rotatable bonds is 6. The number of hydrogen-bond acceptors (Lipinski definition) is 6. The lowest BCUT2D eigenvalue weighted by Crippen LogP contribution is -2.46. The zero-order valence-corrected chi connectivity index (χ0v) is 14.0. The molecule has 0 bridgehead atoms. The number of nitrogens with zero attached hydrogens (tertiary/aromatic N) is 1. The maximum Gasteiger partial charge on any atom is 0.320 e. The molecule has 132 valence electrons. The maximum atomic E-state index is 11.9. The van der Waals surface area contributed by atoms with Crippen molar-refractivity contribution in [2.45, 2.75) is 57.0 Å². The van der Waals surface area contributed by atoms with Crippen LogP contribution in [0.25, 0.3) is 0 Å². The number of carbonyl (C=O) groups excluding carboxylic acids is 1. The van der Waals surface area contributed by atoms with E-state index in [2.05, 4.69) is 10.3 Å². The Hall–Kier alpha value is -1.50. The van der Waals surface area contributed by atoms with Gasteiger partial charge in [-0.1, -0.05) is 6.07 Å². The highest BCUT2D eigenvalue weighted by Crippen LogP contribution is 2.36.